The maximum Gasteiger partial charge on any atom is 0.236 e. The van der Waals surface area contributed by atoms with Gasteiger partial charge in [0.15, 0.2) is 0 Å². The number of carbonyl (C=O) groups is 1. The zero-order valence-electron chi connectivity index (χ0n) is 10.2. The van der Waals surface area contributed by atoms with Crippen LogP contribution in [0.3, 0.4) is 0 Å². The smallest absolute Gasteiger partial charge is 0.236 e. The topological polar surface area (TPSA) is 33.2 Å². The molecule has 1 rings (SSSR count). The fourth-order valence-corrected chi connectivity index (χ4v) is 3.81. The zero-order chi connectivity index (χ0) is 12.3. The molecule has 0 aliphatic heterocycles. The van der Waals surface area contributed by atoms with E-state index in [4.69, 9.17) is 0 Å². The molecule has 0 N–H and O–H groups in total. The minimum Gasteiger partial charge on any atom is -0.396 e. The molecule has 0 spiro atoms. The van der Waals surface area contributed by atoms with Gasteiger partial charge in [-0.15, -0.1) is 0 Å². The SMILES string of the molecule is CCN(c1cccnc1C(=O)S)[Si](C)(C)C. The highest BCUT2D eigenvalue weighted by Gasteiger charge is 2.26. The lowest BCUT2D eigenvalue weighted by Gasteiger charge is -2.35. The van der Waals surface area contributed by atoms with Gasteiger partial charge in [0.05, 0.1) is 5.69 Å². The second kappa shape index (κ2) is 5.01. The Balaban J connectivity index is 3.25. The summed E-state index contributed by atoms with van der Waals surface area (Å²) in [6, 6.07) is 3.80. The Hall–Kier alpha value is -0.813. The van der Waals surface area contributed by atoms with Crippen LogP contribution in [0.25, 0.3) is 0 Å². The third kappa shape index (κ3) is 2.86. The normalized spacial score (nSPS) is 11.3. The number of hydrogen-bond acceptors (Lipinski definition) is 3. The summed E-state index contributed by atoms with van der Waals surface area (Å²) in [5.74, 6) is 0. The van der Waals surface area contributed by atoms with Gasteiger partial charge in [0.1, 0.15) is 13.9 Å². The van der Waals surface area contributed by atoms with Gasteiger partial charge in [0, 0.05) is 12.7 Å². The molecule has 0 saturated carbocycles. The molecule has 3 nitrogen and oxygen atoms in total. The maximum absolute atomic E-state index is 11.4. The molecule has 0 bridgehead atoms. The van der Waals surface area contributed by atoms with E-state index in [2.05, 4.69) is 48.7 Å². The molecule has 1 aromatic rings. The predicted molar refractivity (Wildman–Crippen MR) is 73.9 cm³/mol. The van der Waals surface area contributed by atoms with Crippen molar-refractivity contribution in [2.75, 3.05) is 11.1 Å². The Morgan fingerprint density at radius 2 is 2.12 bits per heavy atom. The van der Waals surface area contributed by atoms with E-state index in [1.807, 2.05) is 12.1 Å². The summed E-state index contributed by atoms with van der Waals surface area (Å²) in [5.41, 5.74) is 1.36. The lowest BCUT2D eigenvalue weighted by molar-refractivity contribution is 0.108. The first-order valence-corrected chi connectivity index (χ1v) is 9.23. The van der Waals surface area contributed by atoms with Crippen molar-refractivity contribution in [2.45, 2.75) is 26.6 Å². The average Bonchev–Trinajstić information content (AvgIpc) is 2.17. The summed E-state index contributed by atoms with van der Waals surface area (Å²) in [5, 5.41) is -0.271. The summed E-state index contributed by atoms with van der Waals surface area (Å²) in [6.07, 6.45) is 1.63. The highest BCUT2D eigenvalue weighted by Crippen LogP contribution is 2.24. The molecule has 5 heteroatoms. The molecule has 1 aromatic heterocycles. The van der Waals surface area contributed by atoms with Crippen molar-refractivity contribution < 1.29 is 4.79 Å². The van der Waals surface area contributed by atoms with E-state index in [0.29, 0.717) is 5.69 Å². The number of nitrogens with zero attached hydrogens (tertiary/aromatic N) is 2. The first kappa shape index (κ1) is 13.3. The van der Waals surface area contributed by atoms with E-state index >= 15 is 0 Å². The van der Waals surface area contributed by atoms with Crippen molar-refractivity contribution in [3.05, 3.63) is 24.0 Å². The van der Waals surface area contributed by atoms with Crippen molar-refractivity contribution in [3.8, 4) is 0 Å². The molecule has 16 heavy (non-hydrogen) atoms. The third-order valence-corrected chi connectivity index (χ3v) is 4.79. The van der Waals surface area contributed by atoms with E-state index in [1.165, 1.54) is 0 Å². The maximum atomic E-state index is 11.4. The molecule has 0 unspecified atom stereocenters. The van der Waals surface area contributed by atoms with Crippen LogP contribution in [0.15, 0.2) is 18.3 Å². The van der Waals surface area contributed by atoms with Crippen molar-refractivity contribution in [2.24, 2.45) is 0 Å². The minimum absolute atomic E-state index is 0.271. The first-order valence-electron chi connectivity index (χ1n) is 5.34. The van der Waals surface area contributed by atoms with Gasteiger partial charge < -0.3 is 4.57 Å². The summed E-state index contributed by atoms with van der Waals surface area (Å²) >= 11 is 3.87. The monoisotopic (exact) mass is 254 g/mol. The molecular formula is C11H18N2OSSi. The third-order valence-electron chi connectivity index (χ3n) is 2.41. The van der Waals surface area contributed by atoms with Gasteiger partial charge >= 0.3 is 0 Å². The van der Waals surface area contributed by atoms with E-state index in [1.54, 1.807) is 6.20 Å². The molecule has 0 aromatic carbocycles. The Labute approximate surface area is 103 Å². The second-order valence-corrected chi connectivity index (χ2v) is 9.88. The first-order chi connectivity index (χ1) is 7.38. The highest BCUT2D eigenvalue weighted by atomic mass is 32.1. The second-order valence-electron chi connectivity index (χ2n) is 4.59. The molecule has 0 radical (unpaired) electrons. The van der Waals surface area contributed by atoms with Crippen molar-refractivity contribution in [1.82, 2.24) is 4.98 Å². The van der Waals surface area contributed by atoms with Crippen LogP contribution in [-0.2, 0) is 0 Å². The lowest BCUT2D eigenvalue weighted by atomic mass is 10.3. The summed E-state index contributed by atoms with van der Waals surface area (Å²) in [7, 11) is -1.50. The van der Waals surface area contributed by atoms with E-state index in [9.17, 15) is 4.79 Å². The van der Waals surface area contributed by atoms with E-state index < -0.39 is 8.24 Å². The van der Waals surface area contributed by atoms with Crippen LogP contribution >= 0.6 is 12.6 Å². The summed E-state index contributed by atoms with van der Waals surface area (Å²) in [6.45, 7) is 9.72. The quantitative estimate of drug-likeness (QED) is 0.662. The van der Waals surface area contributed by atoms with Crippen LogP contribution in [0.1, 0.15) is 17.4 Å². The molecule has 88 valence electrons. The molecule has 0 aliphatic rings. The largest absolute Gasteiger partial charge is 0.396 e. The van der Waals surface area contributed by atoms with Gasteiger partial charge in [-0.2, -0.15) is 0 Å². The van der Waals surface area contributed by atoms with Crippen molar-refractivity contribution >= 4 is 31.7 Å². The van der Waals surface area contributed by atoms with Gasteiger partial charge in [0.25, 0.3) is 0 Å². The molecule has 0 saturated heterocycles. The number of carbonyl (C=O) groups excluding carboxylic acids is 1. The van der Waals surface area contributed by atoms with Crippen LogP contribution in [0.5, 0.6) is 0 Å². The lowest BCUT2D eigenvalue weighted by Crippen LogP contribution is -2.46. The zero-order valence-corrected chi connectivity index (χ0v) is 12.1. The Kier molecular flexibility index (Phi) is 4.15. The summed E-state index contributed by atoms with van der Waals surface area (Å²) < 4.78 is 2.28. The van der Waals surface area contributed by atoms with Crippen LogP contribution in [0, 0.1) is 0 Å². The van der Waals surface area contributed by atoms with Gasteiger partial charge in [0.2, 0.25) is 5.12 Å². The molecular weight excluding hydrogens is 236 g/mol. The van der Waals surface area contributed by atoms with Crippen LogP contribution in [-0.4, -0.2) is 24.9 Å². The van der Waals surface area contributed by atoms with E-state index in [0.717, 1.165) is 12.2 Å². The van der Waals surface area contributed by atoms with Gasteiger partial charge in [-0.1, -0.05) is 32.3 Å². The van der Waals surface area contributed by atoms with Crippen LogP contribution in [0.2, 0.25) is 19.6 Å². The molecule has 0 fully saturated rings. The predicted octanol–water partition coefficient (Wildman–Crippen LogP) is 2.81. The van der Waals surface area contributed by atoms with Crippen molar-refractivity contribution in [1.29, 1.82) is 0 Å². The average molecular weight is 254 g/mol. The van der Waals surface area contributed by atoms with E-state index in [-0.39, 0.29) is 5.12 Å². The number of aromatic nitrogens is 1. The highest BCUT2D eigenvalue weighted by molar-refractivity contribution is 7.97. The Bertz CT molecular complexity index is 390. The Morgan fingerprint density at radius 1 is 1.50 bits per heavy atom. The standard InChI is InChI=1S/C11H18N2OSSi/c1-5-13(16(2,3)4)9-7-6-8-12-10(9)11(14)15/h6-8H,5H2,1-4H3,(H,14,15). The van der Waals surface area contributed by atoms with Crippen LogP contribution < -0.4 is 4.57 Å². The number of thiol groups is 1. The fraction of sp³-hybridized carbons (Fsp3) is 0.455. The summed E-state index contributed by atoms with van der Waals surface area (Å²) in [4.78, 5) is 15.5. The number of rotatable bonds is 4. The van der Waals surface area contributed by atoms with Crippen LogP contribution in [0.4, 0.5) is 5.69 Å². The minimum atomic E-state index is -1.50. The van der Waals surface area contributed by atoms with Gasteiger partial charge in [-0.3, -0.25) is 9.78 Å². The number of anilines is 1. The molecule has 1 heterocycles. The molecule has 0 atom stereocenters. The molecule has 0 aliphatic carbocycles. The number of hydrogen-bond donors (Lipinski definition) is 1. The number of pyridine rings is 1. The van der Waals surface area contributed by atoms with Crippen molar-refractivity contribution in [3.63, 3.8) is 0 Å². The Morgan fingerprint density at radius 3 is 2.56 bits per heavy atom. The molecule has 0 amide bonds. The fourth-order valence-electron chi connectivity index (χ4n) is 1.79. The van der Waals surface area contributed by atoms with Gasteiger partial charge in [-0.05, 0) is 19.1 Å². The van der Waals surface area contributed by atoms with Gasteiger partial charge in [-0.25, -0.2) is 0 Å².